The predicted molar refractivity (Wildman–Crippen MR) is 142 cm³/mol. The maximum absolute atomic E-state index is 14.6. The highest BCUT2D eigenvalue weighted by Gasteiger charge is 2.30. The molecule has 2 aliphatic rings. The lowest BCUT2D eigenvalue weighted by Gasteiger charge is -2.16. The molecule has 0 spiro atoms. The van der Waals surface area contributed by atoms with Gasteiger partial charge in [-0.15, -0.1) is 0 Å². The van der Waals surface area contributed by atoms with E-state index in [0.29, 0.717) is 52.3 Å². The summed E-state index contributed by atoms with van der Waals surface area (Å²) in [6, 6.07) is 8.44. The zero-order valence-electron chi connectivity index (χ0n) is 20.7. The second kappa shape index (κ2) is 8.76. The van der Waals surface area contributed by atoms with Crippen molar-refractivity contribution in [2.75, 3.05) is 6.54 Å². The minimum atomic E-state index is -1.11. The van der Waals surface area contributed by atoms with E-state index in [4.69, 9.17) is 0 Å². The number of aromatic amines is 2. The number of fused-ring (bicyclic) bond motifs is 2. The Labute approximate surface area is 213 Å². The van der Waals surface area contributed by atoms with Gasteiger partial charge in [0.25, 0.3) is 5.91 Å². The van der Waals surface area contributed by atoms with Crippen LogP contribution >= 0.6 is 0 Å². The summed E-state index contributed by atoms with van der Waals surface area (Å²) in [6.07, 6.45) is 8.72. The second-order valence-electron chi connectivity index (χ2n) is 10.4. The van der Waals surface area contributed by atoms with Crippen molar-refractivity contribution >= 4 is 28.9 Å². The monoisotopic (exact) mass is 497 g/mol. The molecule has 37 heavy (non-hydrogen) atoms. The van der Waals surface area contributed by atoms with Crippen molar-refractivity contribution in [1.82, 2.24) is 15.3 Å². The zero-order valence-corrected chi connectivity index (χ0v) is 20.7. The first-order valence-electron chi connectivity index (χ1n) is 12.7. The SMILES string of the molecule is CC(C)c1c(-c2cc(F)cc3[nH]ccc23)[nH]c(C(=O)O)c1-c1cc(C(=O)NCC2CC2)cc2c1C=CC2. The van der Waals surface area contributed by atoms with Crippen molar-refractivity contribution in [3.05, 3.63) is 76.4 Å². The molecule has 1 fully saturated rings. The molecule has 2 aromatic heterocycles. The molecule has 2 aliphatic carbocycles. The average Bonchev–Trinajstić information content (AvgIpc) is 3.23. The van der Waals surface area contributed by atoms with Crippen LogP contribution in [0.3, 0.4) is 0 Å². The third kappa shape index (κ3) is 4.04. The summed E-state index contributed by atoms with van der Waals surface area (Å²) in [7, 11) is 0. The van der Waals surface area contributed by atoms with Gasteiger partial charge in [0, 0.05) is 40.3 Å². The Balaban J connectivity index is 1.60. The highest BCUT2D eigenvalue weighted by atomic mass is 19.1. The number of H-pyrrole nitrogens is 2. The van der Waals surface area contributed by atoms with Gasteiger partial charge in [0.05, 0.1) is 5.69 Å². The fraction of sp³-hybridized carbons (Fsp3) is 0.267. The Morgan fingerprint density at radius 3 is 2.70 bits per heavy atom. The predicted octanol–water partition coefficient (Wildman–Crippen LogP) is 6.50. The number of nitrogens with one attached hydrogen (secondary N) is 3. The number of carbonyl (C=O) groups is 2. The Morgan fingerprint density at radius 1 is 1.16 bits per heavy atom. The summed E-state index contributed by atoms with van der Waals surface area (Å²) >= 11 is 0. The van der Waals surface area contributed by atoms with Crippen LogP contribution in [0.15, 0.2) is 42.6 Å². The van der Waals surface area contributed by atoms with Crippen LogP contribution in [0.5, 0.6) is 0 Å². The van der Waals surface area contributed by atoms with Crippen molar-refractivity contribution in [3.8, 4) is 22.4 Å². The van der Waals surface area contributed by atoms with E-state index >= 15 is 0 Å². The summed E-state index contributed by atoms with van der Waals surface area (Å²) < 4.78 is 14.6. The summed E-state index contributed by atoms with van der Waals surface area (Å²) in [5, 5.41) is 14.1. The molecule has 2 heterocycles. The first kappa shape index (κ1) is 23.3. The van der Waals surface area contributed by atoms with Crippen LogP contribution < -0.4 is 5.32 Å². The lowest BCUT2D eigenvalue weighted by molar-refractivity contribution is 0.0692. The molecular formula is C30H28FN3O3. The summed E-state index contributed by atoms with van der Waals surface area (Å²) in [5.41, 5.74) is 6.29. The van der Waals surface area contributed by atoms with Gasteiger partial charge >= 0.3 is 5.97 Å². The normalized spacial score (nSPS) is 14.5. The Hall–Kier alpha value is -4.13. The van der Waals surface area contributed by atoms with Crippen LogP contribution in [0.1, 0.15) is 70.1 Å². The number of allylic oxidation sites excluding steroid dienone is 1. The van der Waals surface area contributed by atoms with E-state index in [1.807, 2.05) is 38.1 Å². The maximum Gasteiger partial charge on any atom is 0.352 e. The first-order chi connectivity index (χ1) is 17.8. The number of carboxylic acids is 1. The van der Waals surface area contributed by atoms with E-state index in [0.717, 1.165) is 34.9 Å². The quantitative estimate of drug-likeness (QED) is 0.235. The third-order valence-electron chi connectivity index (χ3n) is 7.40. The molecule has 1 saturated carbocycles. The molecule has 7 heteroatoms. The number of carbonyl (C=O) groups excluding carboxylic acids is 1. The number of hydrogen-bond acceptors (Lipinski definition) is 2. The van der Waals surface area contributed by atoms with E-state index in [-0.39, 0.29) is 17.5 Å². The summed E-state index contributed by atoms with van der Waals surface area (Å²) in [6.45, 7) is 4.65. The van der Waals surface area contributed by atoms with Gasteiger partial charge in [-0.25, -0.2) is 9.18 Å². The summed E-state index contributed by atoms with van der Waals surface area (Å²) in [4.78, 5) is 31.9. The first-order valence-corrected chi connectivity index (χ1v) is 12.7. The number of hydrogen-bond donors (Lipinski definition) is 4. The molecule has 0 bridgehead atoms. The van der Waals surface area contributed by atoms with E-state index in [1.165, 1.54) is 12.1 Å². The number of benzene rings is 2. The number of aromatic nitrogens is 2. The molecule has 4 aromatic rings. The molecule has 188 valence electrons. The van der Waals surface area contributed by atoms with Crippen LogP contribution in [0.4, 0.5) is 4.39 Å². The molecule has 6 nitrogen and oxygen atoms in total. The maximum atomic E-state index is 14.6. The lowest BCUT2D eigenvalue weighted by atomic mass is 9.86. The number of carboxylic acid groups (broad SMARTS) is 1. The number of rotatable bonds is 7. The smallest absolute Gasteiger partial charge is 0.352 e. The molecule has 4 N–H and O–H groups in total. The van der Waals surface area contributed by atoms with Gasteiger partial charge in [-0.2, -0.15) is 0 Å². The number of amides is 1. The van der Waals surface area contributed by atoms with Crippen molar-refractivity contribution in [1.29, 1.82) is 0 Å². The van der Waals surface area contributed by atoms with Crippen LogP contribution in [-0.2, 0) is 6.42 Å². The van der Waals surface area contributed by atoms with E-state index < -0.39 is 11.8 Å². The van der Waals surface area contributed by atoms with Gasteiger partial charge in [0.15, 0.2) is 0 Å². The number of aromatic carboxylic acids is 1. The number of halogens is 1. The molecule has 1 amide bonds. The van der Waals surface area contributed by atoms with Gasteiger partial charge < -0.3 is 20.4 Å². The molecule has 0 aliphatic heterocycles. The molecule has 0 atom stereocenters. The van der Waals surface area contributed by atoms with Crippen LogP contribution in [0.2, 0.25) is 0 Å². The second-order valence-corrected chi connectivity index (χ2v) is 10.4. The fourth-order valence-electron chi connectivity index (χ4n) is 5.46. The lowest BCUT2D eigenvalue weighted by Crippen LogP contribution is -2.25. The molecule has 6 rings (SSSR count). The molecule has 2 aromatic carbocycles. The van der Waals surface area contributed by atoms with E-state index in [9.17, 15) is 19.1 Å². The molecule has 0 unspecified atom stereocenters. The van der Waals surface area contributed by atoms with Crippen molar-refractivity contribution in [2.45, 2.75) is 39.0 Å². The van der Waals surface area contributed by atoms with Crippen LogP contribution in [0.25, 0.3) is 39.4 Å². The van der Waals surface area contributed by atoms with Gasteiger partial charge in [-0.1, -0.05) is 26.0 Å². The van der Waals surface area contributed by atoms with Crippen molar-refractivity contribution in [3.63, 3.8) is 0 Å². The summed E-state index contributed by atoms with van der Waals surface area (Å²) in [5.74, 6) is -1.20. The van der Waals surface area contributed by atoms with Gasteiger partial charge in [-0.05, 0) is 83.7 Å². The van der Waals surface area contributed by atoms with Crippen molar-refractivity contribution in [2.24, 2.45) is 5.92 Å². The minimum Gasteiger partial charge on any atom is -0.477 e. The average molecular weight is 498 g/mol. The molecule has 0 saturated heterocycles. The minimum absolute atomic E-state index is 0.0321. The Bertz CT molecular complexity index is 1600. The molecule has 0 radical (unpaired) electrons. The van der Waals surface area contributed by atoms with Crippen LogP contribution in [-0.4, -0.2) is 33.5 Å². The van der Waals surface area contributed by atoms with Crippen LogP contribution in [0, 0.1) is 11.7 Å². The zero-order chi connectivity index (χ0) is 25.8. The van der Waals surface area contributed by atoms with E-state index in [2.05, 4.69) is 15.3 Å². The third-order valence-corrected chi connectivity index (χ3v) is 7.40. The largest absolute Gasteiger partial charge is 0.477 e. The van der Waals surface area contributed by atoms with E-state index in [1.54, 1.807) is 12.3 Å². The van der Waals surface area contributed by atoms with Gasteiger partial charge in [0.2, 0.25) is 0 Å². The highest BCUT2D eigenvalue weighted by Crippen LogP contribution is 2.45. The van der Waals surface area contributed by atoms with Gasteiger partial charge in [0.1, 0.15) is 11.5 Å². The molecular weight excluding hydrogens is 469 g/mol. The fourth-order valence-corrected chi connectivity index (χ4v) is 5.46. The topological polar surface area (TPSA) is 98.0 Å². The van der Waals surface area contributed by atoms with Gasteiger partial charge in [-0.3, -0.25) is 4.79 Å². The van der Waals surface area contributed by atoms with Crippen molar-refractivity contribution < 1.29 is 19.1 Å². The highest BCUT2D eigenvalue weighted by molar-refractivity contribution is 6.05. The standard InChI is InChI=1S/C30H28FN3O3/c1-15(2)25-26(22-11-18(10-17-4-3-5-20(17)22)29(35)33-14-16-6-7-16)28(30(36)37)34-27(25)23-12-19(31)13-24-21(23)8-9-32-24/h3,5,8-13,15-16,32,34H,4,6-7,14H2,1-2H3,(H,33,35)(H,36,37). The Morgan fingerprint density at radius 2 is 1.97 bits per heavy atom. The Kier molecular flexibility index (Phi) is 5.51.